The number of amides is 1. The Morgan fingerprint density at radius 3 is 2.59 bits per heavy atom. The van der Waals surface area contributed by atoms with E-state index in [1.165, 1.54) is 5.56 Å². The van der Waals surface area contributed by atoms with Crippen LogP contribution in [0.25, 0.3) is 0 Å². The van der Waals surface area contributed by atoms with E-state index in [1.807, 2.05) is 37.3 Å². The predicted octanol–water partition coefficient (Wildman–Crippen LogP) is 4.82. The molecule has 1 aromatic carbocycles. The zero-order valence-electron chi connectivity index (χ0n) is 20.2. The third-order valence-electron chi connectivity index (χ3n) is 6.42. The highest BCUT2D eigenvalue weighted by molar-refractivity contribution is 7.07. The van der Waals surface area contributed by atoms with Crippen molar-refractivity contribution in [2.24, 2.45) is 0 Å². The van der Waals surface area contributed by atoms with Gasteiger partial charge in [-0.2, -0.15) is 11.3 Å². The van der Waals surface area contributed by atoms with Crippen molar-refractivity contribution in [3.05, 3.63) is 75.2 Å². The average molecular weight is 480 g/mol. The second kappa shape index (κ2) is 11.5. The molecule has 6 nitrogen and oxygen atoms in total. The number of likely N-dealkylation sites (tertiary alicyclic amines) is 1. The van der Waals surface area contributed by atoms with Gasteiger partial charge in [0.1, 0.15) is 0 Å². The Hall–Kier alpha value is -2.90. The normalized spacial score (nSPS) is 14.7. The summed E-state index contributed by atoms with van der Waals surface area (Å²) in [5.74, 6) is 1.66. The second-order valence-corrected chi connectivity index (χ2v) is 9.54. The molecule has 0 spiro atoms. The number of carbonyl (C=O) groups excluding carboxylic acids is 1. The van der Waals surface area contributed by atoms with Crippen molar-refractivity contribution in [2.75, 3.05) is 33.9 Å². The lowest BCUT2D eigenvalue weighted by Gasteiger charge is -2.32. The van der Waals surface area contributed by atoms with E-state index in [0.29, 0.717) is 35.9 Å². The molecule has 0 atom stereocenters. The van der Waals surface area contributed by atoms with E-state index >= 15 is 0 Å². The predicted molar refractivity (Wildman–Crippen MR) is 136 cm³/mol. The molecule has 1 saturated heterocycles. The third-order valence-corrected chi connectivity index (χ3v) is 7.15. The number of piperidine rings is 1. The van der Waals surface area contributed by atoms with Gasteiger partial charge in [0.05, 0.1) is 25.5 Å². The highest BCUT2D eigenvalue weighted by atomic mass is 32.1. The number of hydrogen-bond acceptors (Lipinski definition) is 6. The van der Waals surface area contributed by atoms with Crippen LogP contribution in [0.15, 0.2) is 47.2 Å². The number of methoxy groups -OCH3 is 2. The first-order valence-electron chi connectivity index (χ1n) is 11.8. The number of ether oxygens (including phenoxy) is 2. The van der Waals surface area contributed by atoms with E-state index < -0.39 is 0 Å². The summed E-state index contributed by atoms with van der Waals surface area (Å²) in [5, 5.41) is 7.45. The summed E-state index contributed by atoms with van der Waals surface area (Å²) >= 11 is 1.75. The van der Waals surface area contributed by atoms with Gasteiger partial charge in [0, 0.05) is 24.7 Å². The number of pyridine rings is 1. The lowest BCUT2D eigenvalue weighted by Crippen LogP contribution is -2.34. The van der Waals surface area contributed by atoms with Crippen molar-refractivity contribution in [1.29, 1.82) is 0 Å². The minimum absolute atomic E-state index is 0.0521. The minimum atomic E-state index is -0.0521. The monoisotopic (exact) mass is 479 g/mol. The number of hydrogen-bond donors (Lipinski definition) is 1. The molecule has 0 aliphatic carbocycles. The summed E-state index contributed by atoms with van der Waals surface area (Å²) in [6, 6.07) is 11.9. The molecule has 1 amide bonds. The smallest absolute Gasteiger partial charge is 0.253 e. The largest absolute Gasteiger partial charge is 0.493 e. The molecule has 1 aliphatic heterocycles. The van der Waals surface area contributed by atoms with Gasteiger partial charge in [-0.05, 0) is 91.5 Å². The molecule has 0 saturated carbocycles. The van der Waals surface area contributed by atoms with Gasteiger partial charge in [-0.15, -0.1) is 0 Å². The van der Waals surface area contributed by atoms with E-state index in [1.54, 1.807) is 25.6 Å². The van der Waals surface area contributed by atoms with Crippen LogP contribution in [-0.2, 0) is 13.0 Å². The van der Waals surface area contributed by atoms with Crippen LogP contribution in [-0.4, -0.2) is 49.6 Å². The van der Waals surface area contributed by atoms with Gasteiger partial charge in [-0.3, -0.25) is 14.7 Å². The standard InChI is InChI=1S/C27H33N3O3S/c1-19-4-6-23(27(31)28-12-8-20-5-7-24(32-2)25(16-20)33-3)26(29-19)22-9-13-30(14-10-22)17-21-11-15-34-18-21/h4-7,11,15-16,18,22H,8-10,12-14,17H2,1-3H3,(H,28,31). The quantitative estimate of drug-likeness (QED) is 0.477. The van der Waals surface area contributed by atoms with Gasteiger partial charge in [0.25, 0.3) is 5.91 Å². The molecule has 0 unspecified atom stereocenters. The minimum Gasteiger partial charge on any atom is -0.493 e. The number of carbonyl (C=O) groups is 1. The Labute approximate surface area is 205 Å². The summed E-state index contributed by atoms with van der Waals surface area (Å²) in [6.07, 6.45) is 2.75. The number of nitrogens with one attached hydrogen (secondary N) is 1. The topological polar surface area (TPSA) is 63.7 Å². The van der Waals surface area contributed by atoms with Crippen molar-refractivity contribution in [3.63, 3.8) is 0 Å². The van der Waals surface area contributed by atoms with Crippen LogP contribution in [0.4, 0.5) is 0 Å². The molecule has 0 radical (unpaired) electrons. The van der Waals surface area contributed by atoms with Crippen molar-refractivity contribution in [3.8, 4) is 11.5 Å². The Kier molecular flexibility index (Phi) is 8.19. The molecule has 180 valence electrons. The fraction of sp³-hybridized carbons (Fsp3) is 0.407. The summed E-state index contributed by atoms with van der Waals surface area (Å²) in [4.78, 5) is 20.4. The Morgan fingerprint density at radius 1 is 1.09 bits per heavy atom. The van der Waals surface area contributed by atoms with E-state index in [4.69, 9.17) is 14.5 Å². The van der Waals surface area contributed by atoms with Crippen LogP contribution < -0.4 is 14.8 Å². The molecule has 1 fully saturated rings. The van der Waals surface area contributed by atoms with Gasteiger partial charge in [-0.25, -0.2) is 0 Å². The molecule has 7 heteroatoms. The summed E-state index contributed by atoms with van der Waals surface area (Å²) in [5.41, 5.74) is 5.07. The van der Waals surface area contributed by atoms with Crippen molar-refractivity contribution in [1.82, 2.24) is 15.2 Å². The van der Waals surface area contributed by atoms with Crippen LogP contribution in [0.5, 0.6) is 11.5 Å². The number of thiophene rings is 1. The number of benzene rings is 1. The van der Waals surface area contributed by atoms with E-state index in [0.717, 1.165) is 49.4 Å². The van der Waals surface area contributed by atoms with E-state index in [-0.39, 0.29) is 5.91 Å². The summed E-state index contributed by atoms with van der Waals surface area (Å²) < 4.78 is 10.7. The maximum atomic E-state index is 13.1. The van der Waals surface area contributed by atoms with Gasteiger partial charge in [-0.1, -0.05) is 6.07 Å². The molecule has 3 aromatic rings. The Morgan fingerprint density at radius 2 is 1.88 bits per heavy atom. The lowest BCUT2D eigenvalue weighted by atomic mass is 9.89. The Bertz CT molecular complexity index is 1090. The Balaban J connectivity index is 1.36. The summed E-state index contributed by atoms with van der Waals surface area (Å²) in [6.45, 7) is 5.59. The van der Waals surface area contributed by atoms with Crippen LogP contribution >= 0.6 is 11.3 Å². The summed E-state index contributed by atoms with van der Waals surface area (Å²) in [7, 11) is 3.25. The van der Waals surface area contributed by atoms with Gasteiger partial charge < -0.3 is 14.8 Å². The molecule has 34 heavy (non-hydrogen) atoms. The molecule has 4 rings (SSSR count). The third kappa shape index (κ3) is 5.96. The van der Waals surface area contributed by atoms with Crippen LogP contribution in [0, 0.1) is 6.92 Å². The fourth-order valence-corrected chi connectivity index (χ4v) is 5.20. The molecule has 1 aliphatic rings. The fourth-order valence-electron chi connectivity index (χ4n) is 4.54. The van der Waals surface area contributed by atoms with E-state index in [2.05, 4.69) is 27.0 Å². The molecular formula is C27H33N3O3S. The van der Waals surface area contributed by atoms with Crippen LogP contribution in [0.1, 0.15) is 51.6 Å². The molecule has 2 aromatic heterocycles. The lowest BCUT2D eigenvalue weighted by molar-refractivity contribution is 0.0951. The number of aryl methyl sites for hydroxylation is 1. The number of aromatic nitrogens is 1. The van der Waals surface area contributed by atoms with Gasteiger partial charge >= 0.3 is 0 Å². The highest BCUT2D eigenvalue weighted by Crippen LogP contribution is 2.30. The zero-order chi connectivity index (χ0) is 23.9. The molecule has 0 bridgehead atoms. The SMILES string of the molecule is COc1ccc(CCNC(=O)c2ccc(C)nc2C2CCN(Cc3ccsc3)CC2)cc1OC. The molecule has 3 heterocycles. The second-order valence-electron chi connectivity index (χ2n) is 8.76. The zero-order valence-corrected chi connectivity index (χ0v) is 21.0. The van der Waals surface area contributed by atoms with Gasteiger partial charge in [0.15, 0.2) is 11.5 Å². The average Bonchev–Trinajstić information content (AvgIpc) is 3.37. The number of rotatable bonds is 9. The van der Waals surface area contributed by atoms with Crippen molar-refractivity contribution >= 4 is 17.2 Å². The maximum absolute atomic E-state index is 13.1. The van der Waals surface area contributed by atoms with Crippen molar-refractivity contribution < 1.29 is 14.3 Å². The first kappa shape index (κ1) is 24.2. The van der Waals surface area contributed by atoms with Crippen molar-refractivity contribution in [2.45, 2.75) is 38.6 Å². The first-order chi connectivity index (χ1) is 16.6. The van der Waals surface area contributed by atoms with Gasteiger partial charge in [0.2, 0.25) is 0 Å². The number of nitrogens with zero attached hydrogens (tertiary/aromatic N) is 2. The highest BCUT2D eigenvalue weighted by Gasteiger charge is 2.26. The van der Waals surface area contributed by atoms with Crippen LogP contribution in [0.2, 0.25) is 0 Å². The van der Waals surface area contributed by atoms with Crippen LogP contribution in [0.3, 0.4) is 0 Å². The molecule has 1 N–H and O–H groups in total. The molecular weight excluding hydrogens is 446 g/mol. The maximum Gasteiger partial charge on any atom is 0.253 e. The first-order valence-corrected chi connectivity index (χ1v) is 12.7. The van der Waals surface area contributed by atoms with E-state index in [9.17, 15) is 4.79 Å².